The first-order valence-electron chi connectivity index (χ1n) is 7.27. The van der Waals surface area contributed by atoms with E-state index in [1.807, 2.05) is 0 Å². The second-order valence-corrected chi connectivity index (χ2v) is 5.48. The van der Waals surface area contributed by atoms with Crippen molar-refractivity contribution in [2.45, 2.75) is 13.1 Å². The van der Waals surface area contributed by atoms with Crippen LogP contribution in [-0.2, 0) is 15.8 Å². The van der Waals surface area contributed by atoms with Crippen LogP contribution in [-0.4, -0.2) is 16.9 Å². The molecule has 1 heterocycles. The van der Waals surface area contributed by atoms with E-state index in [4.69, 9.17) is 0 Å². The van der Waals surface area contributed by atoms with Gasteiger partial charge in [0.15, 0.2) is 0 Å². The van der Waals surface area contributed by atoms with Gasteiger partial charge < -0.3 is 5.11 Å². The summed E-state index contributed by atoms with van der Waals surface area (Å²) in [5.74, 6) is -1.99. The summed E-state index contributed by atoms with van der Waals surface area (Å²) >= 11 is 0. The lowest BCUT2D eigenvalue weighted by molar-refractivity contribution is -0.137. The summed E-state index contributed by atoms with van der Waals surface area (Å²) in [6, 6.07) is 10.7. The average molecular weight is 347 g/mol. The monoisotopic (exact) mass is 347 g/mol. The Kier molecular flexibility index (Phi) is 3.87. The molecule has 2 aromatic rings. The van der Waals surface area contributed by atoms with Crippen LogP contribution in [0.2, 0.25) is 0 Å². The number of benzene rings is 2. The van der Waals surface area contributed by atoms with Gasteiger partial charge in [-0.3, -0.25) is 9.59 Å². The molecule has 2 amide bonds. The summed E-state index contributed by atoms with van der Waals surface area (Å²) in [6.07, 6.45) is -4.62. The zero-order valence-corrected chi connectivity index (χ0v) is 13.0. The number of aliphatic hydroxyl groups excluding tert-OH is 1. The van der Waals surface area contributed by atoms with E-state index >= 15 is 0 Å². The summed E-state index contributed by atoms with van der Waals surface area (Å²) in [7, 11) is 0. The van der Waals surface area contributed by atoms with E-state index in [-0.39, 0.29) is 16.8 Å². The fourth-order valence-corrected chi connectivity index (χ4v) is 2.72. The number of nitrogens with zero attached hydrogens (tertiary/aromatic N) is 1. The van der Waals surface area contributed by atoms with Gasteiger partial charge in [-0.25, -0.2) is 4.90 Å². The van der Waals surface area contributed by atoms with Gasteiger partial charge in [0.1, 0.15) is 5.76 Å². The van der Waals surface area contributed by atoms with Crippen LogP contribution >= 0.6 is 0 Å². The van der Waals surface area contributed by atoms with Crippen molar-refractivity contribution in [1.82, 2.24) is 0 Å². The maximum atomic E-state index is 13.0. The van der Waals surface area contributed by atoms with Crippen molar-refractivity contribution in [3.8, 4) is 0 Å². The van der Waals surface area contributed by atoms with Crippen LogP contribution in [0.1, 0.15) is 23.6 Å². The number of hydrogen-bond donors (Lipinski definition) is 1. The molecule has 0 atom stereocenters. The zero-order chi connectivity index (χ0) is 18.4. The summed E-state index contributed by atoms with van der Waals surface area (Å²) < 4.78 is 38.9. The number of carbonyl (C=O) groups excluding carboxylic acids is 2. The van der Waals surface area contributed by atoms with E-state index in [0.717, 1.165) is 25.1 Å². The van der Waals surface area contributed by atoms with Gasteiger partial charge in [0.2, 0.25) is 5.91 Å². The lowest BCUT2D eigenvalue weighted by atomic mass is 10.0. The molecule has 0 radical (unpaired) electrons. The fourth-order valence-electron chi connectivity index (χ4n) is 2.72. The Balaban J connectivity index is 2.26. The predicted molar refractivity (Wildman–Crippen MR) is 85.5 cm³/mol. The minimum absolute atomic E-state index is 0.0783. The first-order valence-corrected chi connectivity index (χ1v) is 7.27. The topological polar surface area (TPSA) is 57.6 Å². The molecule has 1 N–H and O–H groups in total. The molecule has 0 saturated carbocycles. The highest BCUT2D eigenvalue weighted by atomic mass is 19.4. The van der Waals surface area contributed by atoms with Gasteiger partial charge in [0.05, 0.1) is 16.8 Å². The summed E-state index contributed by atoms with van der Waals surface area (Å²) in [5.41, 5.74) is -0.975. The summed E-state index contributed by atoms with van der Waals surface area (Å²) in [4.78, 5) is 25.0. The molecule has 4 nitrogen and oxygen atoms in total. The van der Waals surface area contributed by atoms with Gasteiger partial charge in [-0.1, -0.05) is 36.4 Å². The molecule has 0 aliphatic carbocycles. The molecule has 0 unspecified atom stereocenters. The highest BCUT2D eigenvalue weighted by Gasteiger charge is 2.40. The number of carbonyl (C=O) groups is 2. The number of imide groups is 1. The van der Waals surface area contributed by atoms with Gasteiger partial charge in [0, 0.05) is 18.1 Å². The van der Waals surface area contributed by atoms with Crippen LogP contribution in [0.5, 0.6) is 0 Å². The molecule has 0 fully saturated rings. The van der Waals surface area contributed by atoms with Gasteiger partial charge in [-0.05, 0) is 12.1 Å². The van der Waals surface area contributed by atoms with Gasteiger partial charge in [-0.15, -0.1) is 0 Å². The molecular weight excluding hydrogens is 335 g/mol. The molecule has 2 aromatic carbocycles. The maximum absolute atomic E-state index is 13.0. The van der Waals surface area contributed by atoms with Crippen molar-refractivity contribution in [1.29, 1.82) is 0 Å². The third-order valence-corrected chi connectivity index (χ3v) is 3.85. The van der Waals surface area contributed by atoms with E-state index in [1.54, 1.807) is 30.3 Å². The number of anilines is 1. The number of rotatable bonds is 1. The number of amides is 2. The van der Waals surface area contributed by atoms with Gasteiger partial charge in [-0.2, -0.15) is 13.2 Å². The van der Waals surface area contributed by atoms with Crippen molar-refractivity contribution in [3.63, 3.8) is 0 Å². The fraction of sp³-hybridized carbons (Fsp3) is 0.111. The minimum atomic E-state index is -4.62. The Morgan fingerprint density at radius 1 is 1.08 bits per heavy atom. The van der Waals surface area contributed by atoms with Crippen LogP contribution in [0.4, 0.5) is 18.9 Å². The van der Waals surface area contributed by atoms with Crippen LogP contribution in [0.3, 0.4) is 0 Å². The molecule has 1 aliphatic rings. The van der Waals surface area contributed by atoms with Crippen LogP contribution in [0.15, 0.2) is 48.5 Å². The van der Waals surface area contributed by atoms with Crippen molar-refractivity contribution >= 4 is 28.8 Å². The third-order valence-electron chi connectivity index (χ3n) is 3.85. The largest absolute Gasteiger partial charge is 0.506 e. The first-order chi connectivity index (χ1) is 11.7. The number of alkyl halides is 3. The normalized spacial score (nSPS) is 16.0. The Morgan fingerprint density at radius 3 is 2.28 bits per heavy atom. The van der Waals surface area contributed by atoms with E-state index < -0.39 is 29.3 Å². The molecule has 0 spiro atoms. The Hall–Kier alpha value is -3.09. The molecular formula is C18H12F3NO3. The standard InChI is InChI=1S/C18H12F3NO3/c1-10(23)22-14-9-12(18(19,20)21)7-8-13(14)15(17(22)25)16(24)11-5-3-2-4-6-11/h2-9,24H,1H3/b16-15+. The Morgan fingerprint density at radius 2 is 1.72 bits per heavy atom. The number of aliphatic hydroxyl groups is 1. The van der Waals surface area contributed by atoms with E-state index in [2.05, 4.69) is 0 Å². The molecule has 0 bridgehead atoms. The number of hydrogen-bond acceptors (Lipinski definition) is 3. The smallest absolute Gasteiger partial charge is 0.416 e. The maximum Gasteiger partial charge on any atom is 0.416 e. The highest BCUT2D eigenvalue weighted by Crippen LogP contribution is 2.43. The molecule has 0 saturated heterocycles. The molecule has 1 aliphatic heterocycles. The molecule has 25 heavy (non-hydrogen) atoms. The van der Waals surface area contributed by atoms with Crippen molar-refractivity contribution in [2.24, 2.45) is 0 Å². The third kappa shape index (κ3) is 2.77. The van der Waals surface area contributed by atoms with E-state index in [0.29, 0.717) is 10.5 Å². The van der Waals surface area contributed by atoms with Crippen LogP contribution in [0.25, 0.3) is 11.3 Å². The quantitative estimate of drug-likeness (QED) is 0.626. The SMILES string of the molecule is CC(=O)N1C(=O)/C(=C(/O)c2ccccc2)c2ccc(C(F)(F)F)cc21. The molecule has 3 rings (SSSR count). The van der Waals surface area contributed by atoms with E-state index in [1.165, 1.54) is 0 Å². The number of halogens is 3. The summed E-state index contributed by atoms with van der Waals surface area (Å²) in [5, 5.41) is 10.5. The van der Waals surface area contributed by atoms with Crippen LogP contribution in [0, 0.1) is 0 Å². The van der Waals surface area contributed by atoms with Crippen molar-refractivity contribution in [2.75, 3.05) is 4.90 Å². The highest BCUT2D eigenvalue weighted by molar-refractivity contribution is 6.42. The van der Waals surface area contributed by atoms with Crippen molar-refractivity contribution < 1.29 is 27.9 Å². The first kappa shape index (κ1) is 16.8. The second-order valence-electron chi connectivity index (χ2n) is 5.48. The Labute approximate surface area is 140 Å². The van der Waals surface area contributed by atoms with Gasteiger partial charge >= 0.3 is 6.18 Å². The second kappa shape index (κ2) is 5.77. The summed E-state index contributed by atoms with van der Waals surface area (Å²) in [6.45, 7) is 1.07. The molecule has 128 valence electrons. The lowest BCUT2D eigenvalue weighted by Crippen LogP contribution is -2.31. The lowest BCUT2D eigenvalue weighted by Gasteiger charge is -2.14. The number of fused-ring (bicyclic) bond motifs is 1. The molecule has 7 heteroatoms. The zero-order valence-electron chi connectivity index (χ0n) is 13.0. The van der Waals surface area contributed by atoms with E-state index in [9.17, 15) is 27.9 Å². The van der Waals surface area contributed by atoms with Crippen molar-refractivity contribution in [3.05, 3.63) is 65.2 Å². The minimum Gasteiger partial charge on any atom is -0.506 e. The molecule has 0 aromatic heterocycles. The average Bonchev–Trinajstić information content (AvgIpc) is 2.85. The van der Waals surface area contributed by atoms with Gasteiger partial charge in [0.25, 0.3) is 5.91 Å². The Bertz CT molecular complexity index is 902. The van der Waals surface area contributed by atoms with Crippen LogP contribution < -0.4 is 4.90 Å². The predicted octanol–water partition coefficient (Wildman–Crippen LogP) is 4.02.